The van der Waals surface area contributed by atoms with Crippen LogP contribution in [0.15, 0.2) is 0 Å². The van der Waals surface area contributed by atoms with Gasteiger partial charge in [-0.15, -0.1) is 0 Å². The van der Waals surface area contributed by atoms with Crippen molar-refractivity contribution in [3.05, 3.63) is 0 Å². The number of hydrogen-bond acceptors (Lipinski definition) is 2. The zero-order valence-corrected chi connectivity index (χ0v) is 12.4. The first-order valence-electron chi connectivity index (χ1n) is 7.46. The van der Waals surface area contributed by atoms with Gasteiger partial charge in [0.25, 0.3) is 0 Å². The molecule has 1 amide bonds. The summed E-state index contributed by atoms with van der Waals surface area (Å²) in [5.41, 5.74) is 0. The lowest BCUT2D eigenvalue weighted by atomic mass is 9.88. The molecule has 0 radical (unpaired) electrons. The summed E-state index contributed by atoms with van der Waals surface area (Å²) in [4.78, 5) is 14.3. The van der Waals surface area contributed by atoms with Crippen LogP contribution >= 0.6 is 0 Å². The molecule has 104 valence electrons. The zero-order valence-electron chi connectivity index (χ0n) is 12.4. The smallest absolute Gasteiger partial charge is 0.223 e. The Kier molecular flexibility index (Phi) is 4.00. The highest BCUT2D eigenvalue weighted by molar-refractivity contribution is 5.80. The van der Waals surface area contributed by atoms with Gasteiger partial charge in [-0.3, -0.25) is 4.79 Å². The maximum atomic E-state index is 12.1. The molecule has 2 aliphatic rings. The molecular weight excluding hydrogens is 224 g/mol. The molecule has 0 aromatic carbocycles. The highest BCUT2D eigenvalue weighted by Gasteiger charge is 2.50. The summed E-state index contributed by atoms with van der Waals surface area (Å²) >= 11 is 0. The van der Waals surface area contributed by atoms with Gasteiger partial charge in [-0.25, -0.2) is 0 Å². The van der Waals surface area contributed by atoms with Crippen molar-refractivity contribution in [2.24, 2.45) is 17.8 Å². The van der Waals surface area contributed by atoms with Crippen LogP contribution in [0.1, 0.15) is 47.5 Å². The van der Waals surface area contributed by atoms with Crippen LogP contribution in [0, 0.1) is 17.8 Å². The summed E-state index contributed by atoms with van der Waals surface area (Å²) in [7, 11) is 0. The normalized spacial score (nSPS) is 35.9. The third-order valence-corrected chi connectivity index (χ3v) is 4.76. The minimum atomic E-state index is 0.358. The van der Waals surface area contributed by atoms with Crippen LogP contribution in [0.4, 0.5) is 0 Å². The summed E-state index contributed by atoms with van der Waals surface area (Å²) in [6, 6.07) is 1.40. The molecular formula is C15H28N2O. The number of hydrogen-bond donors (Lipinski definition) is 1. The molecule has 0 aromatic heterocycles. The van der Waals surface area contributed by atoms with E-state index in [-0.39, 0.29) is 0 Å². The average Bonchev–Trinajstić information content (AvgIpc) is 2.68. The van der Waals surface area contributed by atoms with Gasteiger partial charge >= 0.3 is 0 Å². The Bertz CT molecular complexity index is 314. The van der Waals surface area contributed by atoms with Gasteiger partial charge in [-0.2, -0.15) is 0 Å². The highest BCUT2D eigenvalue weighted by Crippen LogP contribution is 2.46. The quantitative estimate of drug-likeness (QED) is 0.832. The van der Waals surface area contributed by atoms with E-state index in [0.717, 1.165) is 18.9 Å². The number of amides is 1. The van der Waals surface area contributed by atoms with Crippen molar-refractivity contribution in [3.63, 3.8) is 0 Å². The number of fused-ring (bicyclic) bond motifs is 1. The van der Waals surface area contributed by atoms with E-state index in [9.17, 15) is 4.79 Å². The molecule has 1 saturated carbocycles. The fourth-order valence-electron chi connectivity index (χ4n) is 3.93. The molecule has 0 spiro atoms. The van der Waals surface area contributed by atoms with Crippen LogP contribution in [0.2, 0.25) is 0 Å². The lowest BCUT2D eigenvalue weighted by molar-refractivity contribution is -0.130. The van der Waals surface area contributed by atoms with Crippen molar-refractivity contribution in [2.75, 3.05) is 6.54 Å². The van der Waals surface area contributed by atoms with E-state index in [1.54, 1.807) is 0 Å². The van der Waals surface area contributed by atoms with E-state index in [0.29, 0.717) is 35.9 Å². The second-order valence-electron chi connectivity index (χ2n) is 6.77. The Balaban J connectivity index is 2.06. The van der Waals surface area contributed by atoms with Crippen molar-refractivity contribution in [3.8, 4) is 0 Å². The van der Waals surface area contributed by atoms with Crippen molar-refractivity contribution < 1.29 is 4.79 Å². The SMILES string of the molecule is CC(C)NC[C@H]1[C@@H]2CC(=O)N(C(C)C)[C@@H]2C[C@@H]1C. The molecule has 1 aliphatic heterocycles. The van der Waals surface area contributed by atoms with Gasteiger partial charge in [0.15, 0.2) is 0 Å². The second kappa shape index (κ2) is 5.20. The number of rotatable bonds is 4. The fraction of sp³-hybridized carbons (Fsp3) is 0.933. The van der Waals surface area contributed by atoms with Gasteiger partial charge in [0.2, 0.25) is 5.91 Å². The maximum absolute atomic E-state index is 12.1. The van der Waals surface area contributed by atoms with Gasteiger partial charge in [0.05, 0.1) is 0 Å². The predicted molar refractivity (Wildman–Crippen MR) is 74.3 cm³/mol. The first kappa shape index (κ1) is 13.9. The van der Waals surface area contributed by atoms with E-state index in [1.807, 2.05) is 0 Å². The topological polar surface area (TPSA) is 32.3 Å². The lowest BCUT2D eigenvalue weighted by Crippen LogP contribution is -2.39. The van der Waals surface area contributed by atoms with Crippen molar-refractivity contribution in [1.82, 2.24) is 10.2 Å². The number of nitrogens with one attached hydrogen (secondary N) is 1. The largest absolute Gasteiger partial charge is 0.337 e. The number of carbonyl (C=O) groups excluding carboxylic acids is 1. The maximum Gasteiger partial charge on any atom is 0.223 e. The monoisotopic (exact) mass is 252 g/mol. The Labute approximate surface area is 111 Å². The van der Waals surface area contributed by atoms with Gasteiger partial charge in [0.1, 0.15) is 0 Å². The summed E-state index contributed by atoms with van der Waals surface area (Å²) in [5, 5.41) is 3.56. The third-order valence-electron chi connectivity index (χ3n) is 4.76. The fourth-order valence-corrected chi connectivity index (χ4v) is 3.93. The molecule has 3 heteroatoms. The minimum absolute atomic E-state index is 0.358. The average molecular weight is 252 g/mol. The Morgan fingerprint density at radius 2 is 2.00 bits per heavy atom. The highest BCUT2D eigenvalue weighted by atomic mass is 16.2. The number of nitrogens with zero attached hydrogens (tertiary/aromatic N) is 1. The Morgan fingerprint density at radius 3 is 2.56 bits per heavy atom. The second-order valence-corrected chi connectivity index (χ2v) is 6.77. The third kappa shape index (κ3) is 2.42. The van der Waals surface area contributed by atoms with Gasteiger partial charge in [-0.05, 0) is 44.6 Å². The van der Waals surface area contributed by atoms with Gasteiger partial charge in [0, 0.05) is 24.5 Å². The van der Waals surface area contributed by atoms with Crippen LogP contribution in [0.5, 0.6) is 0 Å². The van der Waals surface area contributed by atoms with Crippen LogP contribution in [-0.4, -0.2) is 35.5 Å². The van der Waals surface area contributed by atoms with E-state index >= 15 is 0 Å². The van der Waals surface area contributed by atoms with E-state index < -0.39 is 0 Å². The molecule has 4 atom stereocenters. The van der Waals surface area contributed by atoms with Crippen LogP contribution < -0.4 is 5.32 Å². The van der Waals surface area contributed by atoms with Crippen molar-refractivity contribution in [2.45, 2.75) is 65.6 Å². The number of likely N-dealkylation sites (tertiary alicyclic amines) is 1. The van der Waals surface area contributed by atoms with E-state index in [4.69, 9.17) is 0 Å². The predicted octanol–water partition coefficient (Wildman–Crippen LogP) is 2.27. The van der Waals surface area contributed by atoms with Crippen molar-refractivity contribution >= 4 is 5.91 Å². The number of carbonyl (C=O) groups is 1. The standard InChI is InChI=1S/C15H28N2O/c1-9(2)16-8-13-11(5)6-14-12(13)7-15(18)17(14)10(3)4/h9-14,16H,6-8H2,1-5H3/t11-,12-,13+,14+/m0/s1. The zero-order chi connectivity index (χ0) is 13.4. The molecule has 1 heterocycles. The van der Waals surface area contributed by atoms with Gasteiger partial charge < -0.3 is 10.2 Å². The lowest BCUT2D eigenvalue weighted by Gasteiger charge is -2.28. The Hall–Kier alpha value is -0.570. The first-order chi connectivity index (χ1) is 8.41. The van der Waals surface area contributed by atoms with Gasteiger partial charge in [-0.1, -0.05) is 20.8 Å². The van der Waals surface area contributed by atoms with Crippen molar-refractivity contribution in [1.29, 1.82) is 0 Å². The molecule has 1 aliphatic carbocycles. The van der Waals surface area contributed by atoms with Crippen LogP contribution in [-0.2, 0) is 4.79 Å². The summed E-state index contributed by atoms with van der Waals surface area (Å²) in [5.74, 6) is 2.37. The van der Waals surface area contributed by atoms with Crippen LogP contribution in [0.25, 0.3) is 0 Å². The molecule has 0 unspecified atom stereocenters. The minimum Gasteiger partial charge on any atom is -0.337 e. The molecule has 0 aromatic rings. The molecule has 18 heavy (non-hydrogen) atoms. The van der Waals surface area contributed by atoms with E-state index in [1.165, 1.54) is 6.42 Å². The molecule has 3 nitrogen and oxygen atoms in total. The summed E-state index contributed by atoms with van der Waals surface area (Å²) < 4.78 is 0. The summed E-state index contributed by atoms with van der Waals surface area (Å²) in [6.45, 7) is 12.1. The Morgan fingerprint density at radius 1 is 1.33 bits per heavy atom. The van der Waals surface area contributed by atoms with Crippen LogP contribution in [0.3, 0.4) is 0 Å². The van der Waals surface area contributed by atoms with E-state index in [2.05, 4.69) is 44.8 Å². The molecule has 1 saturated heterocycles. The first-order valence-corrected chi connectivity index (χ1v) is 7.46. The molecule has 2 fully saturated rings. The molecule has 1 N–H and O–H groups in total. The molecule has 0 bridgehead atoms. The summed E-state index contributed by atoms with van der Waals surface area (Å²) in [6.07, 6.45) is 1.97. The molecule has 2 rings (SSSR count).